The first kappa shape index (κ1) is 14.8. The quantitative estimate of drug-likeness (QED) is 0.849. The molecule has 21 heavy (non-hydrogen) atoms. The first-order valence-electron chi connectivity index (χ1n) is 7.18. The van der Waals surface area contributed by atoms with E-state index in [2.05, 4.69) is 50.8 Å². The average Bonchev–Trinajstić information content (AvgIpc) is 3.13. The fraction of sp³-hybridized carbons (Fsp3) is 0.467. The van der Waals surface area contributed by atoms with Crippen LogP contribution in [0.15, 0.2) is 33.0 Å². The van der Waals surface area contributed by atoms with Gasteiger partial charge in [-0.1, -0.05) is 6.07 Å². The second-order valence-electron chi connectivity index (χ2n) is 5.63. The molecule has 1 saturated carbocycles. The van der Waals surface area contributed by atoms with Crippen LogP contribution in [0.2, 0.25) is 0 Å². The van der Waals surface area contributed by atoms with E-state index in [9.17, 15) is 4.79 Å². The van der Waals surface area contributed by atoms with Gasteiger partial charge in [0.15, 0.2) is 0 Å². The molecule has 1 aliphatic rings. The van der Waals surface area contributed by atoms with Gasteiger partial charge in [0.05, 0.1) is 11.9 Å². The highest BCUT2D eigenvalue weighted by Gasteiger charge is 2.23. The Bertz CT molecular complexity index is 664. The highest BCUT2D eigenvalue weighted by molar-refractivity contribution is 9.10. The number of anilines is 1. The lowest BCUT2D eigenvalue weighted by molar-refractivity contribution is 0.531. The van der Waals surface area contributed by atoms with E-state index in [0.29, 0.717) is 10.4 Å². The first-order chi connectivity index (χ1) is 10.1. The molecule has 2 heterocycles. The van der Waals surface area contributed by atoms with Crippen molar-refractivity contribution in [3.05, 3.63) is 43.4 Å². The molecule has 1 unspecified atom stereocenters. The summed E-state index contributed by atoms with van der Waals surface area (Å²) >= 11 is 5.17. The normalized spacial score (nSPS) is 15.9. The lowest BCUT2D eigenvalue weighted by Crippen LogP contribution is -2.27. The SMILES string of the molecule is CC(Cc1cccs1)Nc1cnn(CC2CC2)c(=O)c1Br. The maximum absolute atomic E-state index is 12.3. The van der Waals surface area contributed by atoms with Gasteiger partial charge < -0.3 is 5.32 Å². The van der Waals surface area contributed by atoms with Crippen LogP contribution in [0.1, 0.15) is 24.6 Å². The van der Waals surface area contributed by atoms with E-state index in [4.69, 9.17) is 0 Å². The Hall–Kier alpha value is -1.14. The Labute approximate surface area is 136 Å². The molecule has 0 bridgehead atoms. The van der Waals surface area contributed by atoms with Crippen molar-refractivity contribution in [3.63, 3.8) is 0 Å². The number of thiophene rings is 1. The van der Waals surface area contributed by atoms with Crippen LogP contribution in [0, 0.1) is 5.92 Å². The van der Waals surface area contributed by atoms with Gasteiger partial charge in [0, 0.05) is 23.9 Å². The van der Waals surface area contributed by atoms with Gasteiger partial charge in [0.1, 0.15) is 4.47 Å². The molecule has 0 spiro atoms. The van der Waals surface area contributed by atoms with Gasteiger partial charge in [0.2, 0.25) is 0 Å². The molecule has 0 radical (unpaired) electrons. The summed E-state index contributed by atoms with van der Waals surface area (Å²) in [6, 6.07) is 4.44. The van der Waals surface area contributed by atoms with Gasteiger partial charge in [-0.15, -0.1) is 11.3 Å². The molecule has 1 atom stereocenters. The Morgan fingerprint density at radius 1 is 1.57 bits per heavy atom. The number of halogens is 1. The van der Waals surface area contributed by atoms with Crippen LogP contribution in [0.3, 0.4) is 0 Å². The van der Waals surface area contributed by atoms with Gasteiger partial charge >= 0.3 is 0 Å². The monoisotopic (exact) mass is 367 g/mol. The zero-order chi connectivity index (χ0) is 14.8. The average molecular weight is 368 g/mol. The molecule has 1 N–H and O–H groups in total. The lowest BCUT2D eigenvalue weighted by Gasteiger charge is -2.16. The fourth-order valence-electron chi connectivity index (χ4n) is 2.29. The van der Waals surface area contributed by atoms with Gasteiger partial charge in [-0.25, -0.2) is 4.68 Å². The van der Waals surface area contributed by atoms with Crippen LogP contribution < -0.4 is 10.9 Å². The fourth-order valence-corrected chi connectivity index (χ4v) is 3.54. The Balaban J connectivity index is 1.70. The Morgan fingerprint density at radius 3 is 3.05 bits per heavy atom. The van der Waals surface area contributed by atoms with E-state index in [1.807, 2.05) is 0 Å². The molecule has 0 amide bonds. The number of nitrogens with zero attached hydrogens (tertiary/aromatic N) is 2. The summed E-state index contributed by atoms with van der Waals surface area (Å²) < 4.78 is 2.15. The molecule has 4 nitrogen and oxygen atoms in total. The molecular formula is C15H18BrN3OS. The third-order valence-electron chi connectivity index (χ3n) is 3.60. The van der Waals surface area contributed by atoms with Crippen molar-refractivity contribution >= 4 is 33.0 Å². The minimum absolute atomic E-state index is 0.0461. The van der Waals surface area contributed by atoms with Crippen LogP contribution >= 0.6 is 27.3 Å². The van der Waals surface area contributed by atoms with Gasteiger partial charge in [0.25, 0.3) is 5.56 Å². The first-order valence-corrected chi connectivity index (χ1v) is 8.85. The van der Waals surface area contributed by atoms with Gasteiger partial charge in [-0.3, -0.25) is 4.79 Å². The highest BCUT2D eigenvalue weighted by atomic mass is 79.9. The van der Waals surface area contributed by atoms with Crippen molar-refractivity contribution in [2.45, 2.75) is 38.8 Å². The van der Waals surface area contributed by atoms with Crippen LogP contribution in [-0.4, -0.2) is 15.8 Å². The summed E-state index contributed by atoms with van der Waals surface area (Å²) in [5.41, 5.74) is 0.728. The van der Waals surface area contributed by atoms with E-state index in [0.717, 1.165) is 18.7 Å². The molecule has 2 aromatic heterocycles. The molecular weight excluding hydrogens is 350 g/mol. The van der Waals surface area contributed by atoms with E-state index in [1.165, 1.54) is 17.7 Å². The molecule has 0 aromatic carbocycles. The van der Waals surface area contributed by atoms with Crippen molar-refractivity contribution in [2.24, 2.45) is 5.92 Å². The number of nitrogens with one attached hydrogen (secondary N) is 1. The van der Waals surface area contributed by atoms with Gasteiger partial charge in [-0.05, 0) is 53.1 Å². The van der Waals surface area contributed by atoms with Crippen LogP contribution in [0.25, 0.3) is 0 Å². The second-order valence-corrected chi connectivity index (χ2v) is 7.46. The summed E-state index contributed by atoms with van der Waals surface area (Å²) in [6.07, 6.45) is 5.11. The largest absolute Gasteiger partial charge is 0.380 e. The number of aromatic nitrogens is 2. The summed E-state index contributed by atoms with van der Waals surface area (Å²) in [6.45, 7) is 2.85. The zero-order valence-corrected chi connectivity index (χ0v) is 14.3. The Morgan fingerprint density at radius 2 is 2.38 bits per heavy atom. The van der Waals surface area contributed by atoms with E-state index in [-0.39, 0.29) is 11.6 Å². The topological polar surface area (TPSA) is 46.9 Å². The van der Waals surface area contributed by atoms with Crippen molar-refractivity contribution in [1.82, 2.24) is 9.78 Å². The summed E-state index contributed by atoms with van der Waals surface area (Å²) in [4.78, 5) is 13.6. The maximum atomic E-state index is 12.3. The number of hydrogen-bond acceptors (Lipinski definition) is 4. The van der Waals surface area contributed by atoms with Crippen LogP contribution in [-0.2, 0) is 13.0 Å². The predicted molar refractivity (Wildman–Crippen MR) is 90.0 cm³/mol. The van der Waals surface area contributed by atoms with Crippen LogP contribution in [0.5, 0.6) is 0 Å². The molecule has 112 valence electrons. The zero-order valence-electron chi connectivity index (χ0n) is 11.9. The highest BCUT2D eigenvalue weighted by Crippen LogP contribution is 2.30. The molecule has 1 fully saturated rings. The predicted octanol–water partition coefficient (Wildman–Crippen LogP) is 3.52. The molecule has 0 aliphatic heterocycles. The minimum Gasteiger partial charge on any atom is -0.380 e. The standard InChI is InChI=1S/C15H18BrN3OS/c1-10(7-12-3-2-6-21-12)18-13-8-17-19(9-11-4-5-11)15(20)14(13)16/h2-3,6,8,10-11,18H,4-5,7,9H2,1H3. The Kier molecular flexibility index (Phi) is 4.45. The minimum atomic E-state index is -0.0461. The third kappa shape index (κ3) is 3.74. The van der Waals surface area contributed by atoms with Crippen molar-refractivity contribution in [3.8, 4) is 0 Å². The van der Waals surface area contributed by atoms with E-state index >= 15 is 0 Å². The summed E-state index contributed by atoms with van der Waals surface area (Å²) in [5.74, 6) is 0.638. The summed E-state index contributed by atoms with van der Waals surface area (Å²) in [7, 11) is 0. The molecule has 2 aromatic rings. The molecule has 3 rings (SSSR count). The van der Waals surface area contributed by atoms with E-state index < -0.39 is 0 Å². The number of rotatable bonds is 6. The van der Waals surface area contributed by atoms with Gasteiger partial charge in [-0.2, -0.15) is 5.10 Å². The van der Waals surface area contributed by atoms with Crippen LogP contribution in [0.4, 0.5) is 5.69 Å². The van der Waals surface area contributed by atoms with E-state index in [1.54, 1.807) is 22.2 Å². The second kappa shape index (κ2) is 6.32. The van der Waals surface area contributed by atoms with Crippen molar-refractivity contribution in [1.29, 1.82) is 0 Å². The molecule has 0 saturated heterocycles. The van der Waals surface area contributed by atoms with Crippen molar-refractivity contribution < 1.29 is 0 Å². The number of hydrogen-bond donors (Lipinski definition) is 1. The smallest absolute Gasteiger partial charge is 0.283 e. The molecule has 6 heteroatoms. The maximum Gasteiger partial charge on any atom is 0.283 e. The molecule has 1 aliphatic carbocycles. The van der Waals surface area contributed by atoms with Crippen molar-refractivity contribution in [2.75, 3.05) is 5.32 Å². The third-order valence-corrected chi connectivity index (χ3v) is 5.27. The lowest BCUT2D eigenvalue weighted by atomic mass is 10.2. The summed E-state index contributed by atoms with van der Waals surface area (Å²) in [5, 5.41) is 9.73.